The van der Waals surface area contributed by atoms with Crippen molar-refractivity contribution in [2.24, 2.45) is 7.05 Å². The summed E-state index contributed by atoms with van der Waals surface area (Å²) in [5, 5.41) is 4.60. The lowest BCUT2D eigenvalue weighted by Gasteiger charge is -2.37. The van der Waals surface area contributed by atoms with E-state index in [-0.39, 0.29) is 29.5 Å². The molecule has 7 nitrogen and oxygen atoms in total. The highest BCUT2D eigenvalue weighted by atomic mass is 16.6. The fraction of sp³-hybridized carbons (Fsp3) is 0.895. The fourth-order valence-corrected chi connectivity index (χ4v) is 3.83. The zero-order valence-electron chi connectivity index (χ0n) is 17.7. The van der Waals surface area contributed by atoms with Crippen molar-refractivity contribution in [3.05, 3.63) is 5.82 Å². The van der Waals surface area contributed by atoms with E-state index >= 15 is 0 Å². The van der Waals surface area contributed by atoms with Gasteiger partial charge >= 0.3 is 0 Å². The Hall–Kier alpha value is -1.18. The smallest absolute Gasteiger partial charge is 0.245 e. The molecule has 2 saturated heterocycles. The first-order valence-electron chi connectivity index (χ1n) is 9.45. The summed E-state index contributed by atoms with van der Waals surface area (Å²) < 4.78 is 20.9. The summed E-state index contributed by atoms with van der Waals surface area (Å²) >= 11 is 0. The zero-order valence-corrected chi connectivity index (χ0v) is 17.7. The van der Waals surface area contributed by atoms with E-state index in [0.717, 1.165) is 11.8 Å². The van der Waals surface area contributed by atoms with Crippen molar-refractivity contribution in [1.29, 1.82) is 0 Å². The minimum Gasteiger partial charge on any atom is -0.373 e. The molecule has 2 aliphatic heterocycles. The van der Waals surface area contributed by atoms with Gasteiger partial charge in [-0.05, 0) is 55.4 Å². The quantitative estimate of drug-likeness (QED) is 0.816. The summed E-state index contributed by atoms with van der Waals surface area (Å²) in [6, 6.07) is 0.0691. The first-order chi connectivity index (χ1) is 11.8. The van der Waals surface area contributed by atoms with E-state index in [4.69, 9.17) is 14.2 Å². The normalized spacial score (nSPS) is 31.9. The first-order valence-corrected chi connectivity index (χ1v) is 9.45. The Labute approximate surface area is 157 Å². The van der Waals surface area contributed by atoms with Crippen LogP contribution in [-0.2, 0) is 21.3 Å². The van der Waals surface area contributed by atoms with E-state index in [1.54, 1.807) is 0 Å². The molecule has 1 aromatic heterocycles. The number of rotatable bonds is 4. The van der Waals surface area contributed by atoms with Gasteiger partial charge in [0.1, 0.15) is 17.5 Å². The average Bonchev–Trinajstić information content (AvgIpc) is 3.03. The maximum absolute atomic E-state index is 6.50. The number of aromatic nitrogens is 3. The van der Waals surface area contributed by atoms with Crippen LogP contribution in [0.1, 0.15) is 54.3 Å². The van der Waals surface area contributed by atoms with Crippen molar-refractivity contribution in [2.75, 3.05) is 18.1 Å². The highest BCUT2D eigenvalue weighted by molar-refractivity contribution is 5.41. The molecular formula is C19H34N4O3. The Balaban J connectivity index is 1.94. The highest BCUT2D eigenvalue weighted by Crippen LogP contribution is 2.46. The van der Waals surface area contributed by atoms with Crippen molar-refractivity contribution in [1.82, 2.24) is 14.8 Å². The van der Waals surface area contributed by atoms with Crippen molar-refractivity contribution >= 4 is 5.95 Å². The largest absolute Gasteiger partial charge is 0.373 e. The molecule has 0 radical (unpaired) electrons. The zero-order chi connectivity index (χ0) is 19.5. The summed E-state index contributed by atoms with van der Waals surface area (Å²) in [6.45, 7) is 17.7. The van der Waals surface area contributed by atoms with Crippen LogP contribution in [0.5, 0.6) is 0 Å². The average molecular weight is 367 g/mol. The third-order valence-electron chi connectivity index (χ3n) is 4.98. The molecular weight excluding hydrogens is 332 g/mol. The molecule has 4 atom stereocenters. The predicted octanol–water partition coefficient (Wildman–Crippen LogP) is 2.47. The van der Waals surface area contributed by atoms with Crippen LogP contribution in [-0.4, -0.2) is 63.0 Å². The molecule has 3 rings (SSSR count). The van der Waals surface area contributed by atoms with Gasteiger partial charge in [-0.1, -0.05) is 0 Å². The Morgan fingerprint density at radius 2 is 1.85 bits per heavy atom. The van der Waals surface area contributed by atoms with Crippen LogP contribution in [0.3, 0.4) is 0 Å². The molecule has 0 spiro atoms. The molecule has 0 saturated carbocycles. The molecule has 2 bridgehead atoms. The van der Waals surface area contributed by atoms with Crippen molar-refractivity contribution in [3.8, 4) is 0 Å². The maximum atomic E-state index is 6.50. The second kappa shape index (κ2) is 6.17. The minimum atomic E-state index is -0.516. The van der Waals surface area contributed by atoms with E-state index in [1.165, 1.54) is 0 Å². The van der Waals surface area contributed by atoms with E-state index in [1.807, 2.05) is 18.7 Å². The fourth-order valence-electron chi connectivity index (χ4n) is 3.83. The van der Waals surface area contributed by atoms with Crippen LogP contribution in [0.15, 0.2) is 0 Å². The van der Waals surface area contributed by atoms with E-state index in [9.17, 15) is 0 Å². The van der Waals surface area contributed by atoms with Crippen molar-refractivity contribution in [2.45, 2.75) is 90.4 Å². The van der Waals surface area contributed by atoms with Gasteiger partial charge in [0, 0.05) is 7.05 Å². The lowest BCUT2D eigenvalue weighted by Crippen LogP contribution is -2.51. The molecule has 0 amide bonds. The van der Waals surface area contributed by atoms with Crippen LogP contribution >= 0.6 is 0 Å². The molecule has 3 heterocycles. The summed E-state index contributed by atoms with van der Waals surface area (Å²) in [5.41, 5.74) is -1.02. The van der Waals surface area contributed by atoms with Gasteiger partial charge in [0.2, 0.25) is 5.95 Å². The number of ether oxygens (including phenoxy) is 3. The van der Waals surface area contributed by atoms with Gasteiger partial charge in [-0.3, -0.25) is 4.68 Å². The van der Waals surface area contributed by atoms with Crippen LogP contribution in [0.4, 0.5) is 5.95 Å². The molecule has 26 heavy (non-hydrogen) atoms. The highest BCUT2D eigenvalue weighted by Gasteiger charge is 2.65. The van der Waals surface area contributed by atoms with Crippen LogP contribution < -0.4 is 4.90 Å². The van der Waals surface area contributed by atoms with Crippen LogP contribution in [0.2, 0.25) is 0 Å². The Morgan fingerprint density at radius 1 is 1.19 bits per heavy atom. The summed E-state index contributed by atoms with van der Waals surface area (Å²) in [5.74, 6) is 1.63. The summed E-state index contributed by atoms with van der Waals surface area (Å²) in [4.78, 5) is 6.88. The Morgan fingerprint density at radius 3 is 2.35 bits per heavy atom. The van der Waals surface area contributed by atoms with Crippen molar-refractivity contribution < 1.29 is 14.2 Å². The number of fused-ring (bicyclic) bond motifs is 2. The summed E-state index contributed by atoms with van der Waals surface area (Å²) in [7, 11) is 1.92. The molecule has 148 valence electrons. The van der Waals surface area contributed by atoms with E-state index in [0.29, 0.717) is 13.2 Å². The second-order valence-corrected chi connectivity index (χ2v) is 9.64. The van der Waals surface area contributed by atoms with Gasteiger partial charge in [-0.25, -0.2) is 0 Å². The molecule has 7 heteroatoms. The van der Waals surface area contributed by atoms with Crippen LogP contribution in [0.25, 0.3) is 0 Å². The molecule has 0 unspecified atom stereocenters. The molecule has 0 aromatic carbocycles. The molecule has 2 aliphatic rings. The minimum absolute atomic E-state index is 0.0174. The number of nitrogens with zero attached hydrogens (tertiary/aromatic N) is 4. The standard InChI is InChI=1S/C19H34N4O3/c1-12-14-15(26-18(6,7)8)19(25-12,11-24-17(3,4)5)10-23(14)16-20-13(2)22(9)21-16/h12,14-15H,10-11H2,1-9H3/t12-,14-,15-,19+/m0/s1. The Bertz CT molecular complexity index is 641. The molecule has 1 aromatic rings. The first kappa shape index (κ1) is 19.6. The number of anilines is 1. The van der Waals surface area contributed by atoms with Crippen molar-refractivity contribution in [3.63, 3.8) is 0 Å². The van der Waals surface area contributed by atoms with Gasteiger partial charge in [0.25, 0.3) is 0 Å². The molecule has 0 aliphatic carbocycles. The molecule has 0 N–H and O–H groups in total. The summed E-state index contributed by atoms with van der Waals surface area (Å²) in [6.07, 6.45) is -0.0762. The van der Waals surface area contributed by atoms with Gasteiger partial charge in [0.15, 0.2) is 0 Å². The van der Waals surface area contributed by atoms with Gasteiger partial charge in [0.05, 0.1) is 36.5 Å². The number of morpholine rings is 1. The predicted molar refractivity (Wildman–Crippen MR) is 100 cm³/mol. The SMILES string of the molecule is Cc1nc(N2C[C@]3(COC(C)(C)C)O[C@@H](C)[C@H]2[C@@H]3OC(C)(C)C)nn1C. The monoisotopic (exact) mass is 366 g/mol. The maximum Gasteiger partial charge on any atom is 0.245 e. The van der Waals surface area contributed by atoms with E-state index < -0.39 is 5.60 Å². The number of hydrogen-bond donors (Lipinski definition) is 0. The van der Waals surface area contributed by atoms with E-state index in [2.05, 4.69) is 63.4 Å². The third-order valence-corrected chi connectivity index (χ3v) is 4.98. The number of aryl methyl sites for hydroxylation is 2. The third kappa shape index (κ3) is 3.62. The molecule has 2 fully saturated rings. The lowest BCUT2D eigenvalue weighted by atomic mass is 9.97. The lowest BCUT2D eigenvalue weighted by molar-refractivity contribution is -0.172. The number of hydrogen-bond acceptors (Lipinski definition) is 6. The second-order valence-electron chi connectivity index (χ2n) is 9.64. The van der Waals surface area contributed by atoms with Gasteiger partial charge in [-0.15, -0.1) is 5.10 Å². The van der Waals surface area contributed by atoms with Gasteiger partial charge < -0.3 is 19.1 Å². The Kier molecular flexibility index (Phi) is 4.65. The van der Waals surface area contributed by atoms with Crippen LogP contribution in [0, 0.1) is 6.92 Å². The topological polar surface area (TPSA) is 61.6 Å². The van der Waals surface area contributed by atoms with Gasteiger partial charge in [-0.2, -0.15) is 4.98 Å².